The molecule has 2 amide bonds. The molecule has 0 aromatic heterocycles. The number of hydrogen-bond acceptors (Lipinski definition) is 3. The Morgan fingerprint density at radius 1 is 1.23 bits per heavy atom. The van der Waals surface area contributed by atoms with E-state index in [1.807, 2.05) is 17.0 Å². The van der Waals surface area contributed by atoms with E-state index in [1.54, 1.807) is 0 Å². The summed E-state index contributed by atoms with van der Waals surface area (Å²) in [5, 5.41) is 0. The van der Waals surface area contributed by atoms with Crippen molar-refractivity contribution in [3.05, 3.63) is 35.6 Å². The van der Waals surface area contributed by atoms with Gasteiger partial charge in [0.2, 0.25) is 11.8 Å². The van der Waals surface area contributed by atoms with E-state index in [0.29, 0.717) is 31.8 Å². The van der Waals surface area contributed by atoms with Crippen LogP contribution in [0.4, 0.5) is 4.39 Å². The summed E-state index contributed by atoms with van der Waals surface area (Å²) in [6.07, 6.45) is 2.00. The van der Waals surface area contributed by atoms with Gasteiger partial charge in [0.25, 0.3) is 0 Å². The van der Waals surface area contributed by atoms with Crippen molar-refractivity contribution in [2.75, 3.05) is 19.6 Å². The van der Waals surface area contributed by atoms with Gasteiger partial charge in [-0.1, -0.05) is 26.0 Å². The lowest BCUT2D eigenvalue weighted by atomic mass is 9.99. The van der Waals surface area contributed by atoms with Crippen molar-refractivity contribution in [2.45, 2.75) is 45.7 Å². The van der Waals surface area contributed by atoms with E-state index >= 15 is 0 Å². The molecule has 1 atom stereocenters. The highest BCUT2D eigenvalue weighted by Gasteiger charge is 2.57. The minimum atomic E-state index is -0.951. The number of halogens is 1. The molecule has 1 heterocycles. The molecule has 3 rings (SSSR count). The van der Waals surface area contributed by atoms with Crippen LogP contribution >= 0.6 is 0 Å². The Kier molecular flexibility index (Phi) is 5.32. The molecule has 0 bridgehead atoms. The first-order valence-corrected chi connectivity index (χ1v) is 9.41. The Labute approximate surface area is 154 Å². The van der Waals surface area contributed by atoms with Gasteiger partial charge in [0.15, 0.2) is 0 Å². The fourth-order valence-electron chi connectivity index (χ4n) is 3.89. The summed E-state index contributed by atoms with van der Waals surface area (Å²) in [5.41, 5.74) is 5.60. The van der Waals surface area contributed by atoms with E-state index < -0.39 is 11.3 Å². The molecule has 1 saturated carbocycles. The zero-order valence-electron chi connectivity index (χ0n) is 15.6. The molecule has 26 heavy (non-hydrogen) atoms. The Hall–Kier alpha value is -1.95. The van der Waals surface area contributed by atoms with Crippen LogP contribution < -0.4 is 5.73 Å². The molecule has 6 heteroatoms. The molecule has 2 N–H and O–H groups in total. The van der Waals surface area contributed by atoms with Crippen LogP contribution in [0.1, 0.15) is 38.7 Å². The van der Waals surface area contributed by atoms with Crippen LogP contribution in [-0.2, 0) is 16.1 Å². The highest BCUT2D eigenvalue weighted by molar-refractivity contribution is 6.07. The monoisotopic (exact) mass is 361 g/mol. The Balaban J connectivity index is 1.74. The summed E-state index contributed by atoms with van der Waals surface area (Å²) in [5.74, 6) is -0.467. The van der Waals surface area contributed by atoms with Crippen LogP contribution in [0.2, 0.25) is 0 Å². The van der Waals surface area contributed by atoms with Gasteiger partial charge in [-0.3, -0.25) is 14.5 Å². The molecule has 1 saturated heterocycles. The highest BCUT2D eigenvalue weighted by atomic mass is 19.1. The highest BCUT2D eigenvalue weighted by Crippen LogP contribution is 2.47. The summed E-state index contributed by atoms with van der Waals surface area (Å²) in [7, 11) is 0. The molecule has 0 unspecified atom stereocenters. The van der Waals surface area contributed by atoms with Crippen LogP contribution in [0.15, 0.2) is 24.3 Å². The normalized spacial score (nSPS) is 22.9. The lowest BCUT2D eigenvalue weighted by molar-refractivity contribution is -0.143. The fourth-order valence-corrected chi connectivity index (χ4v) is 3.89. The van der Waals surface area contributed by atoms with E-state index in [2.05, 4.69) is 18.7 Å². The van der Waals surface area contributed by atoms with Gasteiger partial charge in [-0.25, -0.2) is 4.39 Å². The molecule has 2 aliphatic rings. The van der Waals surface area contributed by atoms with Gasteiger partial charge in [-0.15, -0.1) is 0 Å². The molecule has 142 valence electrons. The van der Waals surface area contributed by atoms with E-state index in [1.165, 1.54) is 12.1 Å². The number of rotatable bonds is 5. The van der Waals surface area contributed by atoms with E-state index in [4.69, 9.17) is 5.73 Å². The van der Waals surface area contributed by atoms with Crippen LogP contribution in [0.5, 0.6) is 0 Å². The lowest BCUT2D eigenvalue weighted by Crippen LogP contribution is -2.49. The number of primary amides is 1. The third-order valence-electron chi connectivity index (χ3n) is 5.74. The van der Waals surface area contributed by atoms with Crippen molar-refractivity contribution in [3.8, 4) is 0 Å². The summed E-state index contributed by atoms with van der Waals surface area (Å²) in [4.78, 5) is 28.9. The molecule has 5 nitrogen and oxygen atoms in total. The fraction of sp³-hybridized carbons (Fsp3) is 0.600. The second kappa shape index (κ2) is 7.35. The topological polar surface area (TPSA) is 66.6 Å². The van der Waals surface area contributed by atoms with E-state index in [0.717, 1.165) is 25.1 Å². The van der Waals surface area contributed by atoms with Crippen molar-refractivity contribution in [3.63, 3.8) is 0 Å². The van der Waals surface area contributed by atoms with Crippen molar-refractivity contribution in [2.24, 2.45) is 17.1 Å². The van der Waals surface area contributed by atoms with E-state index in [9.17, 15) is 14.0 Å². The Morgan fingerprint density at radius 2 is 1.88 bits per heavy atom. The quantitative estimate of drug-likeness (QED) is 0.817. The smallest absolute Gasteiger partial charge is 0.238 e. The number of amides is 2. The van der Waals surface area contributed by atoms with Crippen LogP contribution in [0.25, 0.3) is 0 Å². The van der Waals surface area contributed by atoms with Gasteiger partial charge >= 0.3 is 0 Å². The zero-order chi connectivity index (χ0) is 18.9. The molecule has 0 radical (unpaired) electrons. The minimum absolute atomic E-state index is 0.0979. The number of benzene rings is 1. The molecule has 1 aromatic rings. The van der Waals surface area contributed by atoms with Gasteiger partial charge in [0, 0.05) is 32.2 Å². The third-order valence-corrected chi connectivity index (χ3v) is 5.74. The van der Waals surface area contributed by atoms with Gasteiger partial charge in [-0.05, 0) is 42.9 Å². The number of carbonyl (C=O) groups is 2. The second-order valence-corrected chi connectivity index (χ2v) is 7.96. The van der Waals surface area contributed by atoms with Gasteiger partial charge in [-0.2, -0.15) is 0 Å². The number of nitrogens with zero attached hydrogens (tertiary/aromatic N) is 2. The lowest BCUT2D eigenvalue weighted by Gasteiger charge is -2.35. The average Bonchev–Trinajstić information content (AvgIpc) is 3.41. The van der Waals surface area contributed by atoms with Gasteiger partial charge in [0.1, 0.15) is 11.2 Å². The largest absolute Gasteiger partial charge is 0.369 e. The first kappa shape index (κ1) is 18.8. The van der Waals surface area contributed by atoms with Crippen molar-refractivity contribution in [1.82, 2.24) is 9.80 Å². The first-order valence-electron chi connectivity index (χ1n) is 9.41. The summed E-state index contributed by atoms with van der Waals surface area (Å²) < 4.78 is 13.2. The standard InChI is InChI=1S/C20H28FN3O2/c1-14(2)17-13-24(19(26)20(8-9-20)18(22)25)11-3-10-23(17)12-15-4-6-16(21)7-5-15/h4-7,14,17H,3,8-13H2,1-2H3,(H2,22,25)/t17-/m1/s1. The van der Waals surface area contributed by atoms with E-state index in [-0.39, 0.29) is 17.8 Å². The van der Waals surface area contributed by atoms with Crippen molar-refractivity contribution >= 4 is 11.8 Å². The third kappa shape index (κ3) is 3.75. The molecule has 1 aromatic carbocycles. The summed E-state index contributed by atoms with van der Waals surface area (Å²) in [6, 6.07) is 6.78. The minimum Gasteiger partial charge on any atom is -0.369 e. The second-order valence-electron chi connectivity index (χ2n) is 7.96. The predicted octanol–water partition coefficient (Wildman–Crippen LogP) is 2.15. The molecule has 1 aliphatic heterocycles. The Bertz CT molecular complexity index is 670. The Morgan fingerprint density at radius 3 is 2.42 bits per heavy atom. The zero-order valence-corrected chi connectivity index (χ0v) is 15.6. The van der Waals surface area contributed by atoms with Gasteiger partial charge in [0.05, 0.1) is 0 Å². The van der Waals surface area contributed by atoms with Crippen molar-refractivity contribution in [1.29, 1.82) is 0 Å². The SMILES string of the molecule is CC(C)[C@H]1CN(C(=O)C2(C(N)=O)CC2)CCCN1Cc1ccc(F)cc1. The van der Waals surface area contributed by atoms with Crippen molar-refractivity contribution < 1.29 is 14.0 Å². The van der Waals surface area contributed by atoms with Crippen LogP contribution in [0.3, 0.4) is 0 Å². The molecule has 0 spiro atoms. The number of carbonyl (C=O) groups excluding carboxylic acids is 2. The van der Waals surface area contributed by atoms with Gasteiger partial charge < -0.3 is 10.6 Å². The van der Waals surface area contributed by atoms with Crippen LogP contribution in [0, 0.1) is 17.2 Å². The maximum Gasteiger partial charge on any atom is 0.238 e. The number of nitrogens with two attached hydrogens (primary N) is 1. The molecular weight excluding hydrogens is 333 g/mol. The predicted molar refractivity (Wildman–Crippen MR) is 97.5 cm³/mol. The maximum atomic E-state index is 13.2. The summed E-state index contributed by atoms with van der Waals surface area (Å²) >= 11 is 0. The summed E-state index contributed by atoms with van der Waals surface area (Å²) in [6.45, 7) is 7.15. The average molecular weight is 361 g/mol. The molecule has 1 aliphatic carbocycles. The van der Waals surface area contributed by atoms with Crippen LogP contribution in [-0.4, -0.2) is 47.3 Å². The molecule has 2 fully saturated rings. The first-order chi connectivity index (χ1) is 12.3. The number of hydrogen-bond donors (Lipinski definition) is 1. The molecular formula is C20H28FN3O2. The maximum absolute atomic E-state index is 13.2.